The largest absolute Gasteiger partial charge is 0.370 e. The molecule has 1 rings (SSSR count). The molecule has 0 saturated heterocycles. The third-order valence-corrected chi connectivity index (χ3v) is 1.74. The van der Waals surface area contributed by atoms with Crippen molar-refractivity contribution in [3.05, 3.63) is 0 Å². The highest BCUT2D eigenvalue weighted by Gasteiger charge is 2.21. The summed E-state index contributed by atoms with van der Waals surface area (Å²) in [6.07, 6.45) is -0.728. The summed E-state index contributed by atoms with van der Waals surface area (Å²) in [6.45, 7) is 1.82. The van der Waals surface area contributed by atoms with Crippen molar-refractivity contribution in [2.24, 2.45) is 15.7 Å². The Morgan fingerprint density at radius 3 is 2.69 bits per heavy atom. The number of hydrogen-bond acceptors (Lipinski definition) is 4. The van der Waals surface area contributed by atoms with Crippen LogP contribution in [-0.4, -0.2) is 48.3 Å². The van der Waals surface area contributed by atoms with Crippen LogP contribution in [0.4, 0.5) is 0 Å². The van der Waals surface area contributed by atoms with Gasteiger partial charge < -0.3 is 21.1 Å². The van der Waals surface area contributed by atoms with Gasteiger partial charge in [-0.1, -0.05) is 0 Å². The highest BCUT2D eigenvalue weighted by molar-refractivity contribution is 5.94. The van der Waals surface area contributed by atoms with Gasteiger partial charge in [-0.2, -0.15) is 4.99 Å². The zero-order valence-electron chi connectivity index (χ0n) is 8.02. The summed E-state index contributed by atoms with van der Waals surface area (Å²) in [4.78, 5) is 9.50. The van der Waals surface area contributed by atoms with Crippen LogP contribution in [0.25, 0.3) is 0 Å². The van der Waals surface area contributed by atoms with Crippen molar-refractivity contribution < 1.29 is 5.11 Å². The van der Waals surface area contributed by atoms with Crippen LogP contribution in [0.2, 0.25) is 0 Å². The van der Waals surface area contributed by atoms with E-state index in [1.165, 1.54) is 0 Å². The van der Waals surface area contributed by atoms with E-state index in [0.29, 0.717) is 11.9 Å². The maximum absolute atomic E-state index is 9.25. The Morgan fingerprint density at radius 2 is 2.31 bits per heavy atom. The van der Waals surface area contributed by atoms with Crippen molar-refractivity contribution in [3.8, 4) is 0 Å². The molecule has 13 heavy (non-hydrogen) atoms. The van der Waals surface area contributed by atoms with Gasteiger partial charge in [0.25, 0.3) is 0 Å². The van der Waals surface area contributed by atoms with Crippen LogP contribution < -0.4 is 11.1 Å². The number of rotatable bonds is 0. The number of nitrogens with two attached hydrogens (primary N) is 1. The molecule has 0 fully saturated rings. The van der Waals surface area contributed by atoms with Crippen LogP contribution in [0.3, 0.4) is 0 Å². The van der Waals surface area contributed by atoms with Gasteiger partial charge in [-0.3, -0.25) is 0 Å². The summed E-state index contributed by atoms with van der Waals surface area (Å²) in [5.74, 6) is 0.735. The predicted octanol–water partition coefficient (Wildman–Crippen LogP) is -1.47. The van der Waals surface area contributed by atoms with Gasteiger partial charge in [0.05, 0.1) is 6.04 Å². The first-order valence-corrected chi connectivity index (χ1v) is 4.04. The monoisotopic (exact) mass is 185 g/mol. The summed E-state index contributed by atoms with van der Waals surface area (Å²) in [7, 11) is 3.57. The molecule has 0 saturated carbocycles. The number of aliphatic imine (C=N–C) groups is 2. The SMILES string of the molecule is CC1NC(/N=C(\N)N(C)C)=NC1O. The molecule has 0 amide bonds. The first kappa shape index (κ1) is 9.79. The van der Waals surface area contributed by atoms with E-state index in [1.807, 2.05) is 6.92 Å². The lowest BCUT2D eigenvalue weighted by Crippen LogP contribution is -2.35. The molecule has 0 bridgehead atoms. The van der Waals surface area contributed by atoms with Crippen LogP contribution in [0.1, 0.15) is 6.92 Å². The number of aliphatic hydroxyl groups is 1. The minimum atomic E-state index is -0.728. The van der Waals surface area contributed by atoms with Crippen LogP contribution in [0.5, 0.6) is 0 Å². The Bertz CT molecular complexity index is 247. The molecule has 2 unspecified atom stereocenters. The highest BCUT2D eigenvalue weighted by Crippen LogP contribution is 2.03. The van der Waals surface area contributed by atoms with Crippen molar-refractivity contribution >= 4 is 11.9 Å². The van der Waals surface area contributed by atoms with Gasteiger partial charge in [0, 0.05) is 14.1 Å². The first-order valence-electron chi connectivity index (χ1n) is 4.04. The maximum Gasteiger partial charge on any atom is 0.224 e. The van der Waals surface area contributed by atoms with Gasteiger partial charge >= 0.3 is 0 Å². The van der Waals surface area contributed by atoms with Gasteiger partial charge in [0.1, 0.15) is 0 Å². The Kier molecular flexibility index (Phi) is 2.72. The molecule has 0 aromatic heterocycles. The molecule has 0 aromatic carbocycles. The van der Waals surface area contributed by atoms with Crippen molar-refractivity contribution in [1.82, 2.24) is 10.2 Å². The van der Waals surface area contributed by atoms with E-state index in [4.69, 9.17) is 5.73 Å². The van der Waals surface area contributed by atoms with Crippen molar-refractivity contribution in [2.75, 3.05) is 14.1 Å². The van der Waals surface area contributed by atoms with E-state index in [-0.39, 0.29) is 6.04 Å². The predicted molar refractivity (Wildman–Crippen MR) is 51.3 cm³/mol. The number of nitrogens with one attached hydrogen (secondary N) is 1. The molecule has 6 heteroatoms. The average Bonchev–Trinajstić information content (AvgIpc) is 2.31. The molecule has 1 aliphatic rings. The number of nitrogens with zero attached hydrogens (tertiary/aromatic N) is 3. The zero-order valence-corrected chi connectivity index (χ0v) is 8.02. The highest BCUT2D eigenvalue weighted by atomic mass is 16.3. The molecular formula is C7H15N5O. The third-order valence-electron chi connectivity index (χ3n) is 1.74. The van der Waals surface area contributed by atoms with Crippen molar-refractivity contribution in [2.45, 2.75) is 19.2 Å². The molecule has 2 atom stereocenters. The minimum Gasteiger partial charge on any atom is -0.370 e. The fourth-order valence-corrected chi connectivity index (χ4v) is 0.822. The lowest BCUT2D eigenvalue weighted by Gasteiger charge is -2.10. The Labute approximate surface area is 77.2 Å². The van der Waals surface area contributed by atoms with Gasteiger partial charge in [-0.25, -0.2) is 4.99 Å². The molecular weight excluding hydrogens is 170 g/mol. The van der Waals surface area contributed by atoms with E-state index in [0.717, 1.165) is 0 Å². The van der Waals surface area contributed by atoms with Crippen LogP contribution >= 0.6 is 0 Å². The molecule has 0 aliphatic carbocycles. The molecule has 0 aromatic rings. The smallest absolute Gasteiger partial charge is 0.224 e. The van der Waals surface area contributed by atoms with Crippen molar-refractivity contribution in [1.29, 1.82) is 0 Å². The zero-order chi connectivity index (χ0) is 10.0. The molecule has 1 aliphatic heterocycles. The van der Waals surface area contributed by atoms with Crippen molar-refractivity contribution in [3.63, 3.8) is 0 Å². The average molecular weight is 185 g/mol. The van der Waals surface area contributed by atoms with E-state index in [1.54, 1.807) is 19.0 Å². The summed E-state index contributed by atoms with van der Waals surface area (Å²) in [6, 6.07) is -0.103. The van der Waals surface area contributed by atoms with Gasteiger partial charge in [-0.05, 0) is 6.92 Å². The number of guanidine groups is 2. The van der Waals surface area contributed by atoms with Gasteiger partial charge in [-0.15, -0.1) is 0 Å². The summed E-state index contributed by atoms with van der Waals surface area (Å²) in [5, 5.41) is 12.1. The summed E-state index contributed by atoms with van der Waals surface area (Å²) in [5.41, 5.74) is 5.56. The summed E-state index contributed by atoms with van der Waals surface area (Å²) >= 11 is 0. The van der Waals surface area contributed by atoms with Gasteiger partial charge in [0.15, 0.2) is 12.2 Å². The Hall–Kier alpha value is -1.30. The fourth-order valence-electron chi connectivity index (χ4n) is 0.822. The molecule has 4 N–H and O–H groups in total. The first-order chi connectivity index (χ1) is 6.00. The van der Waals surface area contributed by atoms with Gasteiger partial charge in [0.2, 0.25) is 5.96 Å². The van der Waals surface area contributed by atoms with E-state index >= 15 is 0 Å². The quantitative estimate of drug-likeness (QED) is 0.317. The Morgan fingerprint density at radius 1 is 1.69 bits per heavy atom. The summed E-state index contributed by atoms with van der Waals surface area (Å²) < 4.78 is 0. The van der Waals surface area contributed by atoms with E-state index in [9.17, 15) is 5.11 Å². The number of hydrogen-bond donors (Lipinski definition) is 3. The minimum absolute atomic E-state index is 0.103. The third kappa shape index (κ3) is 2.32. The lowest BCUT2D eigenvalue weighted by atomic mass is 10.3. The molecule has 0 spiro atoms. The van der Waals surface area contributed by atoms with E-state index < -0.39 is 6.23 Å². The standard InChI is InChI=1S/C7H15N5O/c1-4-5(13)10-7(9-4)11-6(8)12(2)3/h4-5,13H,1-3H3,(H3,8,9,10,11). The molecule has 0 radical (unpaired) electrons. The maximum atomic E-state index is 9.25. The molecule has 74 valence electrons. The second-order valence-corrected chi connectivity index (χ2v) is 3.16. The normalized spacial score (nSPS) is 28.3. The second-order valence-electron chi connectivity index (χ2n) is 3.16. The molecule has 1 heterocycles. The number of aliphatic hydroxyl groups excluding tert-OH is 1. The topological polar surface area (TPSA) is 86.2 Å². The fraction of sp³-hybridized carbons (Fsp3) is 0.714. The van der Waals surface area contributed by atoms with Crippen LogP contribution in [0, 0.1) is 0 Å². The van der Waals surface area contributed by atoms with Crippen LogP contribution in [-0.2, 0) is 0 Å². The van der Waals surface area contributed by atoms with E-state index in [2.05, 4.69) is 15.3 Å². The Balaban J connectivity index is 2.66. The second kappa shape index (κ2) is 3.61. The lowest BCUT2D eigenvalue weighted by molar-refractivity contribution is 0.165. The van der Waals surface area contributed by atoms with Crippen LogP contribution in [0.15, 0.2) is 9.98 Å². The molecule has 6 nitrogen and oxygen atoms in total.